The van der Waals surface area contributed by atoms with Gasteiger partial charge in [-0.1, -0.05) is 6.92 Å². The fourth-order valence-corrected chi connectivity index (χ4v) is 2.64. The Hall–Kier alpha value is -2.49. The van der Waals surface area contributed by atoms with Crippen molar-refractivity contribution in [2.24, 2.45) is 0 Å². The first-order chi connectivity index (χ1) is 11.9. The molecule has 1 saturated carbocycles. The summed E-state index contributed by atoms with van der Waals surface area (Å²) in [6.45, 7) is -0.442. The van der Waals surface area contributed by atoms with Crippen LogP contribution in [-0.2, 0) is 4.79 Å². The highest BCUT2D eigenvalue weighted by Gasteiger charge is 2.34. The number of ether oxygens (including phenoxy) is 1. The molecule has 10 heteroatoms. The fraction of sp³-hybridized carbons (Fsp3) is 0.533. The summed E-state index contributed by atoms with van der Waals surface area (Å²) in [6, 6.07) is 2.29. The van der Waals surface area contributed by atoms with Gasteiger partial charge in [-0.25, -0.2) is 9.78 Å². The Morgan fingerprint density at radius 3 is 2.68 bits per heavy atom. The average molecular weight is 358 g/mol. The molecule has 0 saturated heterocycles. The van der Waals surface area contributed by atoms with Crippen LogP contribution in [0.3, 0.4) is 0 Å². The van der Waals surface area contributed by atoms with Gasteiger partial charge in [0.1, 0.15) is 0 Å². The van der Waals surface area contributed by atoms with E-state index in [2.05, 4.69) is 20.4 Å². The number of carboxylic acid groups (broad SMARTS) is 1. The number of alkyl halides is 2. The van der Waals surface area contributed by atoms with E-state index in [1.165, 1.54) is 18.3 Å². The van der Waals surface area contributed by atoms with E-state index in [0.29, 0.717) is 25.1 Å². The maximum Gasteiger partial charge on any atom is 0.388 e. The summed E-state index contributed by atoms with van der Waals surface area (Å²) in [5.74, 6) is -1.11. The van der Waals surface area contributed by atoms with Crippen LogP contribution in [0, 0.1) is 0 Å². The quantitative estimate of drug-likeness (QED) is 0.654. The predicted molar refractivity (Wildman–Crippen MR) is 84.7 cm³/mol. The van der Waals surface area contributed by atoms with Crippen LogP contribution in [0.5, 0.6) is 5.88 Å². The van der Waals surface area contributed by atoms with E-state index in [1.807, 2.05) is 11.8 Å². The molecule has 25 heavy (non-hydrogen) atoms. The lowest BCUT2D eigenvalue weighted by Gasteiger charge is -2.42. The van der Waals surface area contributed by atoms with Gasteiger partial charge in [0, 0.05) is 18.2 Å². The minimum absolute atomic E-state index is 0.0151. The Morgan fingerprint density at radius 2 is 2.16 bits per heavy atom. The molecule has 3 N–H and O–H groups in total. The lowest BCUT2D eigenvalue weighted by Crippen LogP contribution is -2.55. The van der Waals surface area contributed by atoms with E-state index in [1.54, 1.807) is 0 Å². The number of aliphatic carboxylic acids is 1. The fourth-order valence-electron chi connectivity index (χ4n) is 2.64. The van der Waals surface area contributed by atoms with Crippen LogP contribution in [0.25, 0.3) is 0 Å². The maximum atomic E-state index is 12.0. The van der Waals surface area contributed by atoms with Crippen LogP contribution in [0.4, 0.5) is 19.3 Å². The van der Waals surface area contributed by atoms with Crippen molar-refractivity contribution in [3.05, 3.63) is 18.3 Å². The predicted octanol–water partition coefficient (Wildman–Crippen LogP) is 1.74. The van der Waals surface area contributed by atoms with Gasteiger partial charge in [0.2, 0.25) is 5.88 Å². The third-order valence-corrected chi connectivity index (χ3v) is 3.91. The third kappa shape index (κ3) is 5.82. The topological polar surface area (TPSA) is 104 Å². The molecule has 0 aromatic carbocycles. The number of urea groups is 1. The summed E-state index contributed by atoms with van der Waals surface area (Å²) in [6.07, 6.45) is 2.56. The van der Waals surface area contributed by atoms with E-state index in [-0.39, 0.29) is 24.5 Å². The molecule has 0 bridgehead atoms. The molecule has 138 valence electrons. The molecule has 0 spiro atoms. The number of carboxylic acids is 1. The van der Waals surface area contributed by atoms with Crippen LogP contribution in [0.2, 0.25) is 0 Å². The number of nitrogens with one attached hydrogen (secondary N) is 2. The minimum Gasteiger partial charge on any atom is -0.480 e. The summed E-state index contributed by atoms with van der Waals surface area (Å²) < 4.78 is 28.2. The Kier molecular flexibility index (Phi) is 6.45. The number of aromatic nitrogens is 1. The van der Waals surface area contributed by atoms with Crippen LogP contribution in [-0.4, -0.2) is 58.8 Å². The van der Waals surface area contributed by atoms with Gasteiger partial charge in [0.05, 0.1) is 18.4 Å². The first kappa shape index (κ1) is 18.8. The maximum absolute atomic E-state index is 12.0. The van der Waals surface area contributed by atoms with Crippen molar-refractivity contribution in [2.75, 3.05) is 18.4 Å². The van der Waals surface area contributed by atoms with Gasteiger partial charge in [0.15, 0.2) is 0 Å². The highest BCUT2D eigenvalue weighted by Crippen LogP contribution is 2.25. The van der Waals surface area contributed by atoms with Crippen molar-refractivity contribution >= 4 is 17.7 Å². The molecular formula is C15H20F2N4O4. The molecule has 0 atom stereocenters. The van der Waals surface area contributed by atoms with Crippen molar-refractivity contribution < 1.29 is 28.2 Å². The van der Waals surface area contributed by atoms with E-state index in [4.69, 9.17) is 5.11 Å². The van der Waals surface area contributed by atoms with Crippen molar-refractivity contribution in [3.8, 4) is 5.88 Å². The van der Waals surface area contributed by atoms with Gasteiger partial charge in [-0.15, -0.1) is 0 Å². The molecular weight excluding hydrogens is 338 g/mol. The molecule has 8 nitrogen and oxygen atoms in total. The molecule has 1 aliphatic carbocycles. The summed E-state index contributed by atoms with van der Waals surface area (Å²) >= 11 is 0. The number of halogens is 2. The number of likely N-dealkylation sites (N-methyl/N-ethyl adjacent to an activating group) is 1. The number of carbonyl (C=O) groups excluding carboxylic acids is 1. The SMILES string of the molecule is CCN(CC(=O)O)C1CC(NC(=O)Nc2ccc(OC(F)F)nc2)C1. The van der Waals surface area contributed by atoms with Crippen LogP contribution < -0.4 is 15.4 Å². The molecule has 1 heterocycles. The summed E-state index contributed by atoms with van der Waals surface area (Å²) in [7, 11) is 0. The molecule has 1 fully saturated rings. The molecule has 0 aliphatic heterocycles. The standard InChI is InChI=1S/C15H20F2N4O4/c1-2-21(8-13(22)23)11-5-10(6-11)20-15(24)19-9-3-4-12(18-7-9)25-14(16)17/h3-4,7,10-11,14H,2,5-6,8H2,1H3,(H,22,23)(H2,19,20,24). The summed E-state index contributed by atoms with van der Waals surface area (Å²) in [5, 5.41) is 14.2. The van der Waals surface area contributed by atoms with Gasteiger partial charge < -0.3 is 20.5 Å². The van der Waals surface area contributed by atoms with Gasteiger partial charge in [-0.3, -0.25) is 9.69 Å². The van der Waals surface area contributed by atoms with E-state index >= 15 is 0 Å². The third-order valence-electron chi connectivity index (χ3n) is 3.91. The average Bonchev–Trinajstić information content (AvgIpc) is 2.49. The zero-order valence-corrected chi connectivity index (χ0v) is 13.6. The number of pyridine rings is 1. The molecule has 1 aliphatic rings. The van der Waals surface area contributed by atoms with Gasteiger partial charge in [-0.05, 0) is 25.5 Å². The highest BCUT2D eigenvalue weighted by atomic mass is 19.3. The molecule has 0 unspecified atom stereocenters. The number of anilines is 1. The van der Waals surface area contributed by atoms with Crippen LogP contribution in [0.15, 0.2) is 18.3 Å². The van der Waals surface area contributed by atoms with Crippen molar-refractivity contribution in [1.82, 2.24) is 15.2 Å². The minimum atomic E-state index is -2.95. The van der Waals surface area contributed by atoms with Gasteiger partial charge in [-0.2, -0.15) is 8.78 Å². The van der Waals surface area contributed by atoms with E-state index in [0.717, 1.165) is 0 Å². The second-order valence-electron chi connectivity index (χ2n) is 5.64. The van der Waals surface area contributed by atoms with Crippen molar-refractivity contribution in [1.29, 1.82) is 0 Å². The second-order valence-corrected chi connectivity index (χ2v) is 5.64. The Labute approximate surface area is 143 Å². The van der Waals surface area contributed by atoms with E-state index in [9.17, 15) is 18.4 Å². The van der Waals surface area contributed by atoms with E-state index < -0.39 is 18.6 Å². The van der Waals surface area contributed by atoms with Crippen LogP contribution in [0.1, 0.15) is 19.8 Å². The Bertz CT molecular complexity index is 594. The highest BCUT2D eigenvalue weighted by molar-refractivity contribution is 5.89. The second kappa shape index (κ2) is 8.56. The first-order valence-corrected chi connectivity index (χ1v) is 7.81. The number of carbonyl (C=O) groups is 2. The molecule has 2 rings (SSSR count). The summed E-state index contributed by atoms with van der Waals surface area (Å²) in [4.78, 5) is 28.2. The Balaban J connectivity index is 1.74. The number of amides is 2. The lowest BCUT2D eigenvalue weighted by molar-refractivity contribution is -0.139. The number of rotatable bonds is 8. The lowest BCUT2D eigenvalue weighted by atomic mass is 9.85. The largest absolute Gasteiger partial charge is 0.480 e. The molecule has 1 aromatic rings. The number of hydrogen-bond acceptors (Lipinski definition) is 5. The number of hydrogen-bond donors (Lipinski definition) is 3. The van der Waals surface area contributed by atoms with Crippen LogP contribution >= 0.6 is 0 Å². The Morgan fingerprint density at radius 1 is 1.44 bits per heavy atom. The van der Waals surface area contributed by atoms with Crippen molar-refractivity contribution in [2.45, 2.75) is 38.5 Å². The molecule has 2 amide bonds. The monoisotopic (exact) mass is 358 g/mol. The molecule has 0 radical (unpaired) electrons. The van der Waals surface area contributed by atoms with Crippen molar-refractivity contribution in [3.63, 3.8) is 0 Å². The number of nitrogens with zero attached hydrogens (tertiary/aromatic N) is 2. The zero-order valence-electron chi connectivity index (χ0n) is 13.6. The van der Waals surface area contributed by atoms with Gasteiger partial charge >= 0.3 is 18.6 Å². The zero-order chi connectivity index (χ0) is 18.4. The smallest absolute Gasteiger partial charge is 0.388 e. The normalized spacial score (nSPS) is 19.4. The van der Waals surface area contributed by atoms with Gasteiger partial charge in [0.25, 0.3) is 0 Å². The summed E-state index contributed by atoms with van der Waals surface area (Å²) in [5.41, 5.74) is 0.344. The first-order valence-electron chi connectivity index (χ1n) is 7.81. The molecule has 1 aromatic heterocycles.